The van der Waals surface area contributed by atoms with Crippen molar-refractivity contribution in [2.24, 2.45) is 5.92 Å². The van der Waals surface area contributed by atoms with Crippen molar-refractivity contribution in [3.8, 4) is 0 Å². The van der Waals surface area contributed by atoms with Gasteiger partial charge in [-0.15, -0.1) is 0 Å². The molecule has 0 radical (unpaired) electrons. The molecule has 96 valence electrons. The Morgan fingerprint density at radius 2 is 1.82 bits per heavy atom. The average molecular weight is 234 g/mol. The number of hydrogen-bond donors (Lipinski definition) is 1. The molecule has 0 saturated carbocycles. The van der Waals surface area contributed by atoms with Crippen molar-refractivity contribution in [1.82, 2.24) is 4.90 Å². The Balaban J connectivity index is 2.04. The number of hydrogen-bond acceptors (Lipinski definition) is 2. The van der Waals surface area contributed by atoms with Gasteiger partial charge in [-0.3, -0.25) is 0 Å². The first-order chi connectivity index (χ1) is 8.18. The van der Waals surface area contributed by atoms with Crippen molar-refractivity contribution in [1.29, 1.82) is 0 Å². The maximum absolute atomic E-state index is 3.44. The molecule has 0 aliphatic rings. The summed E-state index contributed by atoms with van der Waals surface area (Å²) in [6.45, 7) is 8.00. The normalized spacial score (nSPS) is 11.1. The van der Waals surface area contributed by atoms with Crippen LogP contribution in [0.5, 0.6) is 0 Å². The number of para-hydroxylation sites is 1. The van der Waals surface area contributed by atoms with Gasteiger partial charge in [0.25, 0.3) is 0 Å². The molecule has 0 aromatic heterocycles. The highest BCUT2D eigenvalue weighted by Crippen LogP contribution is 2.05. The van der Waals surface area contributed by atoms with Gasteiger partial charge in [-0.05, 0) is 51.0 Å². The van der Waals surface area contributed by atoms with Crippen LogP contribution in [0.4, 0.5) is 5.69 Å². The van der Waals surface area contributed by atoms with Crippen molar-refractivity contribution >= 4 is 5.69 Å². The van der Waals surface area contributed by atoms with Crippen LogP contribution in [-0.2, 0) is 0 Å². The Labute approximate surface area is 106 Å². The average Bonchev–Trinajstić information content (AvgIpc) is 2.33. The third kappa shape index (κ3) is 7.01. The van der Waals surface area contributed by atoms with Gasteiger partial charge < -0.3 is 10.2 Å². The van der Waals surface area contributed by atoms with Gasteiger partial charge in [0.2, 0.25) is 0 Å². The Bertz CT molecular complexity index is 282. The van der Waals surface area contributed by atoms with Crippen molar-refractivity contribution in [3.63, 3.8) is 0 Å². The van der Waals surface area contributed by atoms with Crippen LogP contribution in [0, 0.1) is 5.92 Å². The second-order valence-corrected chi connectivity index (χ2v) is 5.13. The second kappa shape index (κ2) is 8.13. The molecular weight excluding hydrogens is 208 g/mol. The molecule has 17 heavy (non-hydrogen) atoms. The molecule has 0 atom stereocenters. The summed E-state index contributed by atoms with van der Waals surface area (Å²) in [6.07, 6.45) is 2.49. The third-order valence-electron chi connectivity index (χ3n) is 2.91. The van der Waals surface area contributed by atoms with Crippen LogP contribution in [0.15, 0.2) is 30.3 Å². The maximum atomic E-state index is 3.44. The molecule has 2 nitrogen and oxygen atoms in total. The highest BCUT2D eigenvalue weighted by molar-refractivity contribution is 5.42. The van der Waals surface area contributed by atoms with E-state index in [0.717, 1.165) is 12.5 Å². The molecule has 0 fully saturated rings. The molecule has 0 aliphatic heterocycles. The highest BCUT2D eigenvalue weighted by atomic mass is 15.1. The van der Waals surface area contributed by atoms with Crippen LogP contribution in [0.25, 0.3) is 0 Å². The molecule has 1 aromatic rings. The minimum atomic E-state index is 0.805. The van der Waals surface area contributed by atoms with Crippen LogP contribution in [-0.4, -0.2) is 31.6 Å². The minimum Gasteiger partial charge on any atom is -0.385 e. The van der Waals surface area contributed by atoms with E-state index in [1.165, 1.54) is 31.6 Å². The number of nitrogens with one attached hydrogen (secondary N) is 1. The molecule has 0 saturated heterocycles. The predicted octanol–water partition coefficient (Wildman–Crippen LogP) is 3.47. The van der Waals surface area contributed by atoms with Crippen LogP contribution >= 0.6 is 0 Å². The molecule has 1 aromatic carbocycles. The van der Waals surface area contributed by atoms with Crippen molar-refractivity contribution in [2.45, 2.75) is 26.7 Å². The SMILES string of the molecule is CC(C)CCN(C)CCCNc1ccccc1. The van der Waals surface area contributed by atoms with E-state index in [2.05, 4.69) is 55.4 Å². The number of nitrogens with zero attached hydrogens (tertiary/aromatic N) is 1. The summed E-state index contributed by atoms with van der Waals surface area (Å²) in [5, 5.41) is 3.44. The fraction of sp³-hybridized carbons (Fsp3) is 0.600. The Morgan fingerprint density at radius 3 is 2.47 bits per heavy atom. The van der Waals surface area contributed by atoms with Gasteiger partial charge in [-0.2, -0.15) is 0 Å². The second-order valence-electron chi connectivity index (χ2n) is 5.13. The fourth-order valence-electron chi connectivity index (χ4n) is 1.73. The quantitative estimate of drug-likeness (QED) is 0.693. The Morgan fingerprint density at radius 1 is 1.12 bits per heavy atom. The van der Waals surface area contributed by atoms with E-state index in [9.17, 15) is 0 Å². The first-order valence-electron chi connectivity index (χ1n) is 6.66. The molecule has 0 bridgehead atoms. The molecule has 0 unspecified atom stereocenters. The van der Waals surface area contributed by atoms with Gasteiger partial charge in [0.05, 0.1) is 0 Å². The Hall–Kier alpha value is -1.02. The summed E-state index contributed by atoms with van der Waals surface area (Å²) in [5.41, 5.74) is 1.22. The Kier molecular flexibility index (Phi) is 6.71. The van der Waals surface area contributed by atoms with E-state index >= 15 is 0 Å². The molecule has 0 aliphatic carbocycles. The number of benzene rings is 1. The third-order valence-corrected chi connectivity index (χ3v) is 2.91. The van der Waals surface area contributed by atoms with Gasteiger partial charge in [0, 0.05) is 12.2 Å². The van der Waals surface area contributed by atoms with Crippen LogP contribution in [0.2, 0.25) is 0 Å². The lowest BCUT2D eigenvalue weighted by Crippen LogP contribution is -2.23. The smallest absolute Gasteiger partial charge is 0.0340 e. The van der Waals surface area contributed by atoms with Gasteiger partial charge in [0.15, 0.2) is 0 Å². The summed E-state index contributed by atoms with van der Waals surface area (Å²) in [7, 11) is 2.21. The topological polar surface area (TPSA) is 15.3 Å². The molecule has 1 N–H and O–H groups in total. The molecule has 0 spiro atoms. The molecule has 2 heteroatoms. The lowest BCUT2D eigenvalue weighted by atomic mass is 10.1. The van der Waals surface area contributed by atoms with E-state index < -0.39 is 0 Å². The van der Waals surface area contributed by atoms with Crippen LogP contribution < -0.4 is 5.32 Å². The predicted molar refractivity (Wildman–Crippen MR) is 76.5 cm³/mol. The molecule has 0 amide bonds. The van der Waals surface area contributed by atoms with Gasteiger partial charge in [-0.1, -0.05) is 32.0 Å². The van der Waals surface area contributed by atoms with E-state index in [0.29, 0.717) is 0 Å². The largest absolute Gasteiger partial charge is 0.385 e. The first-order valence-corrected chi connectivity index (χ1v) is 6.66. The van der Waals surface area contributed by atoms with E-state index in [-0.39, 0.29) is 0 Å². The lowest BCUT2D eigenvalue weighted by Gasteiger charge is -2.17. The summed E-state index contributed by atoms with van der Waals surface area (Å²) >= 11 is 0. The first kappa shape index (κ1) is 14.0. The molecule has 0 heterocycles. The van der Waals surface area contributed by atoms with Crippen LogP contribution in [0.3, 0.4) is 0 Å². The van der Waals surface area contributed by atoms with Crippen molar-refractivity contribution in [3.05, 3.63) is 30.3 Å². The fourth-order valence-corrected chi connectivity index (χ4v) is 1.73. The zero-order valence-corrected chi connectivity index (χ0v) is 11.4. The van der Waals surface area contributed by atoms with Crippen molar-refractivity contribution < 1.29 is 0 Å². The van der Waals surface area contributed by atoms with Gasteiger partial charge in [-0.25, -0.2) is 0 Å². The van der Waals surface area contributed by atoms with Gasteiger partial charge >= 0.3 is 0 Å². The van der Waals surface area contributed by atoms with E-state index in [4.69, 9.17) is 0 Å². The maximum Gasteiger partial charge on any atom is 0.0340 e. The summed E-state index contributed by atoms with van der Waals surface area (Å²) < 4.78 is 0. The zero-order chi connectivity index (χ0) is 12.5. The van der Waals surface area contributed by atoms with Gasteiger partial charge in [0.1, 0.15) is 0 Å². The van der Waals surface area contributed by atoms with E-state index in [1.54, 1.807) is 0 Å². The molecule has 1 rings (SSSR count). The lowest BCUT2D eigenvalue weighted by molar-refractivity contribution is 0.309. The van der Waals surface area contributed by atoms with Crippen molar-refractivity contribution in [2.75, 3.05) is 32.0 Å². The summed E-state index contributed by atoms with van der Waals surface area (Å²) in [4.78, 5) is 2.42. The minimum absolute atomic E-state index is 0.805. The number of anilines is 1. The highest BCUT2D eigenvalue weighted by Gasteiger charge is 2.00. The summed E-state index contributed by atoms with van der Waals surface area (Å²) in [6, 6.07) is 10.4. The monoisotopic (exact) mass is 234 g/mol. The molecular formula is C15H26N2. The van der Waals surface area contributed by atoms with Crippen LogP contribution in [0.1, 0.15) is 26.7 Å². The van der Waals surface area contributed by atoms with E-state index in [1.807, 2.05) is 6.07 Å². The number of rotatable bonds is 8. The summed E-state index contributed by atoms with van der Waals surface area (Å²) in [5.74, 6) is 0.805. The standard InChI is InChI=1S/C15H26N2/c1-14(2)10-13-17(3)12-7-11-16-15-8-5-4-6-9-15/h4-6,8-9,14,16H,7,10-13H2,1-3H3. The zero-order valence-electron chi connectivity index (χ0n) is 11.4.